The van der Waals surface area contributed by atoms with E-state index in [9.17, 15) is 14.4 Å². The van der Waals surface area contributed by atoms with E-state index < -0.39 is 23.6 Å². The van der Waals surface area contributed by atoms with E-state index in [0.29, 0.717) is 0 Å². The van der Waals surface area contributed by atoms with Crippen LogP contribution in [-0.4, -0.2) is 32.9 Å². The molecule has 18 heavy (non-hydrogen) atoms. The number of ketones is 1. The monoisotopic (exact) mass is 251 g/mol. The number of carbonyl (C=O) groups is 3. The van der Waals surface area contributed by atoms with Gasteiger partial charge in [-0.05, 0) is 18.6 Å². The van der Waals surface area contributed by atoms with Crippen molar-refractivity contribution in [3.8, 4) is 0 Å². The number of pyridine rings is 1. The Balaban J connectivity index is 2.64. The molecule has 6 nitrogen and oxygen atoms in total. The average molecular weight is 251 g/mol. The number of hydrogen-bond acceptors (Lipinski definition) is 4. The Morgan fingerprint density at radius 3 is 2.44 bits per heavy atom. The summed E-state index contributed by atoms with van der Waals surface area (Å²) in [6.07, 6.45) is 0.871. The van der Waals surface area contributed by atoms with E-state index >= 15 is 0 Å². The molecule has 0 aromatic carbocycles. The highest BCUT2D eigenvalue weighted by molar-refractivity contribution is 5.96. The molecule has 0 bridgehead atoms. The summed E-state index contributed by atoms with van der Waals surface area (Å²) in [5, 5.41) is 17.4. The lowest BCUT2D eigenvalue weighted by Gasteiger charge is -2.09. The van der Waals surface area contributed by atoms with Crippen LogP contribution in [0.5, 0.6) is 0 Å². The van der Waals surface area contributed by atoms with E-state index in [1.807, 2.05) is 0 Å². The first-order valence-electron chi connectivity index (χ1n) is 5.39. The summed E-state index contributed by atoms with van der Waals surface area (Å²) in [4.78, 5) is 36.9. The Bertz CT molecular complexity index is 443. The summed E-state index contributed by atoms with van der Waals surface area (Å²) < 4.78 is 0. The Labute approximate surface area is 103 Å². The summed E-state index contributed by atoms with van der Waals surface area (Å²) in [6.45, 7) is 0. The largest absolute Gasteiger partial charge is 0.481 e. The Kier molecular flexibility index (Phi) is 4.98. The maximum atomic E-state index is 11.7. The molecule has 0 spiro atoms. The number of carbonyl (C=O) groups excluding carboxylic acids is 1. The zero-order valence-corrected chi connectivity index (χ0v) is 9.57. The van der Waals surface area contributed by atoms with Crippen LogP contribution in [0, 0.1) is 5.92 Å². The smallest absolute Gasteiger partial charge is 0.306 e. The van der Waals surface area contributed by atoms with Crippen molar-refractivity contribution in [2.24, 2.45) is 5.92 Å². The number of carboxylic acid groups (broad SMARTS) is 2. The third-order valence-electron chi connectivity index (χ3n) is 2.44. The highest BCUT2D eigenvalue weighted by atomic mass is 16.4. The molecule has 96 valence electrons. The van der Waals surface area contributed by atoms with Crippen molar-refractivity contribution in [1.82, 2.24) is 4.98 Å². The highest BCUT2D eigenvalue weighted by Gasteiger charge is 2.23. The predicted octanol–water partition coefficient (Wildman–Crippen LogP) is 1.22. The molecule has 0 aliphatic heterocycles. The van der Waals surface area contributed by atoms with Crippen LogP contribution in [0.3, 0.4) is 0 Å². The summed E-state index contributed by atoms with van der Waals surface area (Å²) in [7, 11) is 0. The minimum Gasteiger partial charge on any atom is -0.481 e. The Morgan fingerprint density at radius 2 is 1.94 bits per heavy atom. The summed E-state index contributed by atoms with van der Waals surface area (Å²) in [6, 6.07) is 4.78. The summed E-state index contributed by atoms with van der Waals surface area (Å²) in [5.74, 6) is -3.63. The van der Waals surface area contributed by atoms with Crippen LogP contribution in [0.25, 0.3) is 0 Å². The molecule has 0 unspecified atom stereocenters. The van der Waals surface area contributed by atoms with E-state index in [1.54, 1.807) is 12.1 Å². The third kappa shape index (κ3) is 4.32. The van der Waals surface area contributed by atoms with Crippen molar-refractivity contribution in [3.05, 3.63) is 30.1 Å². The number of rotatable bonds is 7. The van der Waals surface area contributed by atoms with Gasteiger partial charge in [-0.3, -0.25) is 19.4 Å². The second-order valence-corrected chi connectivity index (χ2v) is 3.81. The molecule has 0 amide bonds. The highest BCUT2D eigenvalue weighted by Crippen LogP contribution is 2.15. The van der Waals surface area contributed by atoms with E-state index in [-0.39, 0.29) is 25.0 Å². The number of aromatic nitrogens is 1. The molecule has 0 aliphatic rings. The van der Waals surface area contributed by atoms with Crippen LogP contribution in [0.1, 0.15) is 29.8 Å². The van der Waals surface area contributed by atoms with Crippen LogP contribution in [0.2, 0.25) is 0 Å². The van der Waals surface area contributed by atoms with Crippen LogP contribution in [0.15, 0.2) is 24.4 Å². The first-order valence-corrected chi connectivity index (χ1v) is 5.39. The Hall–Kier alpha value is -2.24. The van der Waals surface area contributed by atoms with Gasteiger partial charge in [0.1, 0.15) is 5.69 Å². The number of Topliss-reactive ketones (excluding diaryl/α,β-unsaturated/α-hetero) is 1. The minimum atomic E-state index is -1.17. The van der Waals surface area contributed by atoms with Crippen LogP contribution < -0.4 is 0 Å². The lowest BCUT2D eigenvalue weighted by molar-refractivity contribution is -0.142. The Morgan fingerprint density at radius 1 is 1.22 bits per heavy atom. The van der Waals surface area contributed by atoms with E-state index in [0.717, 1.165) is 0 Å². The van der Waals surface area contributed by atoms with Crippen molar-refractivity contribution in [1.29, 1.82) is 0 Å². The van der Waals surface area contributed by atoms with Gasteiger partial charge in [0, 0.05) is 19.0 Å². The molecule has 0 saturated carbocycles. The number of nitrogens with zero attached hydrogens (tertiary/aromatic N) is 1. The van der Waals surface area contributed by atoms with Crippen LogP contribution in [-0.2, 0) is 9.59 Å². The van der Waals surface area contributed by atoms with Crippen LogP contribution in [0.4, 0.5) is 0 Å². The third-order valence-corrected chi connectivity index (χ3v) is 2.44. The maximum absolute atomic E-state index is 11.7. The van der Waals surface area contributed by atoms with Gasteiger partial charge in [-0.2, -0.15) is 0 Å². The topological polar surface area (TPSA) is 105 Å². The van der Waals surface area contributed by atoms with Crippen molar-refractivity contribution < 1.29 is 24.6 Å². The van der Waals surface area contributed by atoms with Crippen molar-refractivity contribution in [2.45, 2.75) is 19.3 Å². The molecule has 1 heterocycles. The molecule has 1 aromatic heterocycles. The zero-order chi connectivity index (χ0) is 13.5. The average Bonchev–Trinajstić information content (AvgIpc) is 2.34. The molecule has 6 heteroatoms. The number of hydrogen-bond donors (Lipinski definition) is 2. The quantitative estimate of drug-likeness (QED) is 0.706. The van der Waals surface area contributed by atoms with Crippen molar-refractivity contribution in [3.63, 3.8) is 0 Å². The zero-order valence-electron chi connectivity index (χ0n) is 9.57. The van der Waals surface area contributed by atoms with E-state index in [4.69, 9.17) is 10.2 Å². The second kappa shape index (κ2) is 6.48. The first-order chi connectivity index (χ1) is 8.50. The number of carboxylic acids is 2. The standard InChI is InChI=1S/C12H13NO5/c14-10(9-3-1-2-6-13-9)7-8(12(17)18)4-5-11(15)16/h1-3,6,8H,4-5,7H2,(H,15,16)(H,17,18)/t8-/m1/s1. The lowest BCUT2D eigenvalue weighted by atomic mass is 9.96. The first kappa shape index (κ1) is 13.8. The normalized spacial score (nSPS) is 11.8. The van der Waals surface area contributed by atoms with Crippen LogP contribution >= 0.6 is 0 Å². The predicted molar refractivity (Wildman–Crippen MR) is 61.2 cm³/mol. The molecule has 1 atom stereocenters. The molecule has 1 aromatic rings. The fourth-order valence-electron chi connectivity index (χ4n) is 1.47. The summed E-state index contributed by atoms with van der Waals surface area (Å²) in [5.41, 5.74) is 0.194. The second-order valence-electron chi connectivity index (χ2n) is 3.81. The van der Waals surface area contributed by atoms with Gasteiger partial charge in [-0.15, -0.1) is 0 Å². The van der Waals surface area contributed by atoms with Gasteiger partial charge >= 0.3 is 11.9 Å². The molecule has 2 N–H and O–H groups in total. The van der Waals surface area contributed by atoms with Gasteiger partial charge in [0.05, 0.1) is 5.92 Å². The molecule has 1 rings (SSSR count). The van der Waals surface area contributed by atoms with Gasteiger partial charge in [-0.25, -0.2) is 0 Å². The van der Waals surface area contributed by atoms with Crippen molar-refractivity contribution >= 4 is 17.7 Å². The molecule has 0 fully saturated rings. The lowest BCUT2D eigenvalue weighted by Crippen LogP contribution is -2.19. The number of aliphatic carboxylic acids is 2. The van der Waals surface area contributed by atoms with Gasteiger partial charge in [-0.1, -0.05) is 6.07 Å². The molecule has 0 radical (unpaired) electrons. The maximum Gasteiger partial charge on any atom is 0.306 e. The minimum absolute atomic E-state index is 0.0662. The molecular formula is C12H13NO5. The van der Waals surface area contributed by atoms with E-state index in [1.165, 1.54) is 12.3 Å². The summed E-state index contributed by atoms with van der Waals surface area (Å²) >= 11 is 0. The van der Waals surface area contributed by atoms with E-state index in [2.05, 4.69) is 4.98 Å². The fraction of sp³-hybridized carbons (Fsp3) is 0.333. The van der Waals surface area contributed by atoms with Crippen molar-refractivity contribution in [2.75, 3.05) is 0 Å². The molecular weight excluding hydrogens is 238 g/mol. The van der Waals surface area contributed by atoms with Gasteiger partial charge < -0.3 is 10.2 Å². The van der Waals surface area contributed by atoms with Gasteiger partial charge in [0.2, 0.25) is 0 Å². The molecule has 0 saturated heterocycles. The molecule has 0 aliphatic carbocycles. The SMILES string of the molecule is O=C(O)CC[C@H](CC(=O)c1ccccn1)C(=O)O. The van der Waals surface area contributed by atoms with Gasteiger partial charge in [0.25, 0.3) is 0 Å². The fourth-order valence-corrected chi connectivity index (χ4v) is 1.47. The van der Waals surface area contributed by atoms with Gasteiger partial charge in [0.15, 0.2) is 5.78 Å².